The zero-order valence-electron chi connectivity index (χ0n) is 18.8. The normalized spacial score (nSPS) is 15.2. The van der Waals surface area contributed by atoms with Gasteiger partial charge in [-0.3, -0.25) is 9.59 Å². The smallest absolute Gasteiger partial charge is 0.255 e. The van der Waals surface area contributed by atoms with Crippen molar-refractivity contribution in [2.45, 2.75) is 19.9 Å². The first-order chi connectivity index (χ1) is 16.4. The highest BCUT2D eigenvalue weighted by Gasteiger charge is 2.34. The van der Waals surface area contributed by atoms with Crippen LogP contribution in [-0.2, 0) is 4.79 Å². The van der Waals surface area contributed by atoms with E-state index in [2.05, 4.69) is 21.2 Å². The van der Waals surface area contributed by atoms with Crippen LogP contribution in [-0.4, -0.2) is 36.5 Å². The highest BCUT2D eigenvalue weighted by atomic mass is 79.9. The van der Waals surface area contributed by atoms with Crippen molar-refractivity contribution in [3.8, 4) is 11.5 Å². The van der Waals surface area contributed by atoms with Crippen molar-refractivity contribution in [1.82, 2.24) is 4.90 Å². The molecule has 8 heteroatoms. The molecule has 6 nitrogen and oxygen atoms in total. The summed E-state index contributed by atoms with van der Waals surface area (Å²) < 4.78 is 25.8. The van der Waals surface area contributed by atoms with Gasteiger partial charge in [0, 0.05) is 21.3 Å². The third kappa shape index (κ3) is 4.92. The second kappa shape index (κ2) is 10.3. The summed E-state index contributed by atoms with van der Waals surface area (Å²) in [6, 6.07) is 15.8. The summed E-state index contributed by atoms with van der Waals surface area (Å²) in [4.78, 5) is 28.1. The van der Waals surface area contributed by atoms with Gasteiger partial charge in [-0.1, -0.05) is 28.1 Å². The van der Waals surface area contributed by atoms with Crippen LogP contribution in [0.15, 0.2) is 65.1 Å². The number of rotatable bonds is 6. The van der Waals surface area contributed by atoms with Gasteiger partial charge in [-0.05, 0) is 67.9 Å². The Kier molecular flexibility index (Phi) is 7.17. The lowest BCUT2D eigenvalue weighted by Gasteiger charge is -2.31. The molecule has 0 aromatic heterocycles. The molecular formula is C26H24BrFN2O4. The zero-order valence-corrected chi connectivity index (χ0v) is 20.4. The topological polar surface area (TPSA) is 67.9 Å². The van der Waals surface area contributed by atoms with E-state index in [1.165, 1.54) is 17.0 Å². The minimum atomic E-state index is -0.623. The number of anilines is 1. The van der Waals surface area contributed by atoms with Gasteiger partial charge >= 0.3 is 0 Å². The molecule has 0 radical (unpaired) electrons. The number of carbonyl (C=O) groups is 2. The molecule has 1 N–H and O–H groups in total. The minimum absolute atomic E-state index is 0.176. The Labute approximate surface area is 205 Å². The van der Waals surface area contributed by atoms with E-state index < -0.39 is 6.04 Å². The number of nitrogens with one attached hydrogen (secondary N) is 1. The van der Waals surface area contributed by atoms with Gasteiger partial charge in [0.25, 0.3) is 5.91 Å². The molecule has 0 fully saturated rings. The summed E-state index contributed by atoms with van der Waals surface area (Å²) in [6.45, 7) is 4.40. The number of fused-ring (bicyclic) bond motifs is 1. The van der Waals surface area contributed by atoms with Crippen molar-refractivity contribution < 1.29 is 23.5 Å². The summed E-state index contributed by atoms with van der Waals surface area (Å²) in [7, 11) is 0. The van der Waals surface area contributed by atoms with E-state index in [-0.39, 0.29) is 24.2 Å². The molecule has 3 aromatic carbocycles. The number of carbonyl (C=O) groups excluding carboxylic acids is 2. The average Bonchev–Trinajstić information content (AvgIpc) is 2.96. The summed E-state index contributed by atoms with van der Waals surface area (Å²) in [5, 5.41) is 2.88. The maximum absolute atomic E-state index is 13.8. The molecule has 1 atom stereocenters. The highest BCUT2D eigenvalue weighted by Crippen LogP contribution is 2.39. The molecule has 0 bridgehead atoms. The van der Waals surface area contributed by atoms with Crippen LogP contribution in [0.2, 0.25) is 0 Å². The van der Waals surface area contributed by atoms with Gasteiger partial charge < -0.3 is 19.7 Å². The second-order valence-corrected chi connectivity index (χ2v) is 8.61. The van der Waals surface area contributed by atoms with Crippen molar-refractivity contribution in [2.75, 3.05) is 25.1 Å². The van der Waals surface area contributed by atoms with Crippen LogP contribution in [0.5, 0.6) is 11.5 Å². The van der Waals surface area contributed by atoms with E-state index in [0.29, 0.717) is 41.5 Å². The Morgan fingerprint density at radius 1 is 1.03 bits per heavy atom. The van der Waals surface area contributed by atoms with Crippen molar-refractivity contribution >= 4 is 33.4 Å². The molecule has 0 saturated carbocycles. The number of hydrogen-bond donors (Lipinski definition) is 1. The quantitative estimate of drug-likeness (QED) is 0.455. The van der Waals surface area contributed by atoms with Gasteiger partial charge in [0.05, 0.1) is 19.3 Å². The molecule has 3 aromatic rings. The first kappa shape index (κ1) is 23.8. The first-order valence-electron chi connectivity index (χ1n) is 11.0. The fourth-order valence-electron chi connectivity index (χ4n) is 4.02. The molecule has 4 rings (SSSR count). The number of benzene rings is 3. The molecule has 1 aliphatic heterocycles. The van der Waals surface area contributed by atoms with E-state index in [4.69, 9.17) is 9.47 Å². The number of nitrogens with zero attached hydrogens (tertiary/aromatic N) is 1. The third-order valence-corrected chi connectivity index (χ3v) is 5.94. The summed E-state index contributed by atoms with van der Waals surface area (Å²) in [5.41, 5.74) is 2.35. The van der Waals surface area contributed by atoms with Gasteiger partial charge in [0.2, 0.25) is 5.91 Å². The number of ether oxygens (including phenoxy) is 2. The standard InChI is InChI=1S/C26H24BrFN2O4/c1-3-33-22-12-7-17(13-23(22)34-4-2)26(32)30-15-24(31)29-21-11-8-18(27)14-20(21)25(30)16-5-9-19(28)10-6-16/h5-14,25H,3-4,15H2,1-2H3,(H,29,31)/t25-/m0/s1. The number of halogens is 2. The number of hydrogen-bond acceptors (Lipinski definition) is 4. The van der Waals surface area contributed by atoms with Crippen molar-refractivity contribution in [3.05, 3.63) is 87.6 Å². The van der Waals surface area contributed by atoms with Crippen LogP contribution >= 0.6 is 15.9 Å². The summed E-state index contributed by atoms with van der Waals surface area (Å²) >= 11 is 3.49. The fraction of sp³-hybridized carbons (Fsp3) is 0.231. The van der Waals surface area contributed by atoms with Crippen LogP contribution in [0.3, 0.4) is 0 Å². The monoisotopic (exact) mass is 526 g/mol. The van der Waals surface area contributed by atoms with Crippen molar-refractivity contribution in [3.63, 3.8) is 0 Å². The Bertz CT molecular complexity index is 1220. The highest BCUT2D eigenvalue weighted by molar-refractivity contribution is 9.10. The van der Waals surface area contributed by atoms with E-state index in [0.717, 1.165) is 10.0 Å². The molecule has 2 amide bonds. The Morgan fingerprint density at radius 2 is 1.74 bits per heavy atom. The average molecular weight is 527 g/mol. The van der Waals surface area contributed by atoms with Gasteiger partial charge in [0.15, 0.2) is 11.5 Å². The molecule has 1 aliphatic rings. The lowest BCUT2D eigenvalue weighted by molar-refractivity contribution is -0.117. The molecule has 176 valence electrons. The molecular weight excluding hydrogens is 503 g/mol. The predicted molar refractivity (Wildman–Crippen MR) is 131 cm³/mol. The lowest BCUT2D eigenvalue weighted by atomic mass is 9.95. The summed E-state index contributed by atoms with van der Waals surface area (Å²) in [5.74, 6) is -0.0691. The van der Waals surface area contributed by atoms with Crippen molar-refractivity contribution in [1.29, 1.82) is 0 Å². The van der Waals surface area contributed by atoms with Crippen LogP contribution in [0.25, 0.3) is 0 Å². The zero-order chi connectivity index (χ0) is 24.2. The van der Waals surface area contributed by atoms with Gasteiger partial charge in [0.1, 0.15) is 12.4 Å². The van der Waals surface area contributed by atoms with Crippen molar-refractivity contribution in [2.24, 2.45) is 0 Å². The van der Waals surface area contributed by atoms with Gasteiger partial charge in [-0.25, -0.2) is 4.39 Å². The molecule has 0 aliphatic carbocycles. The minimum Gasteiger partial charge on any atom is -0.490 e. The Balaban J connectivity index is 1.83. The van der Waals surface area contributed by atoms with Crippen LogP contribution < -0.4 is 14.8 Å². The van der Waals surface area contributed by atoms with Gasteiger partial charge in [-0.2, -0.15) is 0 Å². The molecule has 0 unspecified atom stereocenters. The van der Waals surface area contributed by atoms with Gasteiger partial charge in [-0.15, -0.1) is 0 Å². The van der Waals surface area contributed by atoms with E-state index in [1.54, 1.807) is 36.4 Å². The van der Waals surface area contributed by atoms with E-state index in [9.17, 15) is 14.0 Å². The van der Waals surface area contributed by atoms with Crippen LogP contribution in [0, 0.1) is 5.82 Å². The Morgan fingerprint density at radius 3 is 2.44 bits per heavy atom. The predicted octanol–water partition coefficient (Wildman–Crippen LogP) is 5.57. The van der Waals surface area contributed by atoms with E-state index in [1.807, 2.05) is 26.0 Å². The lowest BCUT2D eigenvalue weighted by Crippen LogP contribution is -2.39. The largest absolute Gasteiger partial charge is 0.490 e. The maximum atomic E-state index is 13.8. The molecule has 0 spiro atoms. The second-order valence-electron chi connectivity index (χ2n) is 7.69. The SMILES string of the molecule is CCOc1ccc(C(=O)N2CC(=O)Nc3ccc(Br)cc3[C@@H]2c2ccc(F)cc2)cc1OCC. The first-order valence-corrected chi connectivity index (χ1v) is 11.8. The molecule has 0 saturated heterocycles. The molecule has 34 heavy (non-hydrogen) atoms. The molecule has 1 heterocycles. The van der Waals surface area contributed by atoms with Crippen LogP contribution in [0.4, 0.5) is 10.1 Å². The number of amides is 2. The van der Waals surface area contributed by atoms with Crippen LogP contribution in [0.1, 0.15) is 41.4 Å². The van der Waals surface area contributed by atoms with E-state index >= 15 is 0 Å². The Hall–Kier alpha value is -3.39. The fourth-order valence-corrected chi connectivity index (χ4v) is 4.40. The third-order valence-electron chi connectivity index (χ3n) is 5.44. The summed E-state index contributed by atoms with van der Waals surface area (Å²) in [6.07, 6.45) is 0. The maximum Gasteiger partial charge on any atom is 0.255 e.